The fraction of sp³-hybridized carbons (Fsp3) is 0.562. The number of sulfonamides is 1. The summed E-state index contributed by atoms with van der Waals surface area (Å²) in [6.07, 6.45) is 6.08. The van der Waals surface area contributed by atoms with E-state index in [2.05, 4.69) is 15.0 Å². The summed E-state index contributed by atoms with van der Waals surface area (Å²) in [5.74, 6) is 0.459. The van der Waals surface area contributed by atoms with Gasteiger partial charge in [0.1, 0.15) is 0 Å². The number of nitrogens with zero attached hydrogens (tertiary/aromatic N) is 1. The highest BCUT2D eigenvalue weighted by Gasteiger charge is 2.13. The maximum atomic E-state index is 11.9. The molecule has 4 N–H and O–H groups in total. The van der Waals surface area contributed by atoms with Crippen molar-refractivity contribution in [2.24, 2.45) is 10.7 Å². The molecule has 1 aliphatic rings. The molecule has 0 heterocycles. The standard InChI is InChI=1S/C16H26N4O2S/c1-2-19-23(21,22)15-10-8-13(9-11-15)12-18-16(17)20-14-6-4-3-5-7-14/h8-11,14,19H,2-7,12H2,1H3,(H3,17,18,20). The van der Waals surface area contributed by atoms with Crippen molar-refractivity contribution in [2.45, 2.75) is 56.5 Å². The molecule has 0 spiro atoms. The Morgan fingerprint density at radius 1 is 1.22 bits per heavy atom. The number of nitrogens with one attached hydrogen (secondary N) is 2. The van der Waals surface area contributed by atoms with E-state index in [0.29, 0.717) is 25.1 Å². The van der Waals surface area contributed by atoms with Crippen molar-refractivity contribution in [3.63, 3.8) is 0 Å². The number of nitrogens with two attached hydrogens (primary N) is 1. The molecular formula is C16H26N4O2S. The van der Waals surface area contributed by atoms with E-state index < -0.39 is 10.0 Å². The van der Waals surface area contributed by atoms with Gasteiger partial charge < -0.3 is 11.1 Å². The van der Waals surface area contributed by atoms with Crippen LogP contribution in [0.15, 0.2) is 34.2 Å². The van der Waals surface area contributed by atoms with Crippen LogP contribution in [0.5, 0.6) is 0 Å². The summed E-state index contributed by atoms with van der Waals surface area (Å²) in [7, 11) is -3.40. The summed E-state index contributed by atoms with van der Waals surface area (Å²) >= 11 is 0. The van der Waals surface area contributed by atoms with Gasteiger partial charge in [-0.05, 0) is 30.5 Å². The predicted molar refractivity (Wildman–Crippen MR) is 92.6 cm³/mol. The largest absolute Gasteiger partial charge is 0.370 e. The van der Waals surface area contributed by atoms with Gasteiger partial charge in [-0.25, -0.2) is 18.1 Å². The minimum atomic E-state index is -3.40. The Hall–Kier alpha value is -1.60. The Balaban J connectivity index is 1.91. The van der Waals surface area contributed by atoms with Gasteiger partial charge in [0, 0.05) is 12.6 Å². The zero-order valence-corrected chi connectivity index (χ0v) is 14.4. The van der Waals surface area contributed by atoms with Crippen LogP contribution in [0.3, 0.4) is 0 Å². The first-order valence-corrected chi connectivity index (χ1v) is 9.64. The third-order valence-corrected chi connectivity index (χ3v) is 5.52. The second kappa shape index (κ2) is 8.31. The van der Waals surface area contributed by atoms with Crippen LogP contribution in [0.25, 0.3) is 0 Å². The van der Waals surface area contributed by atoms with Crippen LogP contribution in [0.2, 0.25) is 0 Å². The van der Waals surface area contributed by atoms with Gasteiger partial charge in [0.15, 0.2) is 5.96 Å². The van der Waals surface area contributed by atoms with Crippen LogP contribution in [-0.4, -0.2) is 27.0 Å². The summed E-state index contributed by atoms with van der Waals surface area (Å²) in [6.45, 7) is 2.56. The third kappa shape index (κ3) is 5.51. The van der Waals surface area contributed by atoms with Crippen molar-refractivity contribution in [1.29, 1.82) is 0 Å². The highest BCUT2D eigenvalue weighted by atomic mass is 32.2. The number of benzene rings is 1. The molecule has 0 aliphatic heterocycles. The van der Waals surface area contributed by atoms with Gasteiger partial charge >= 0.3 is 0 Å². The molecule has 1 saturated carbocycles. The van der Waals surface area contributed by atoms with E-state index in [1.807, 2.05) is 0 Å². The van der Waals surface area contributed by atoms with Gasteiger partial charge in [-0.3, -0.25) is 0 Å². The molecule has 7 heteroatoms. The Bertz CT molecular complexity index is 620. The molecule has 0 amide bonds. The molecule has 0 bridgehead atoms. The molecule has 1 aromatic carbocycles. The van der Waals surface area contributed by atoms with E-state index in [4.69, 9.17) is 5.73 Å². The Kier molecular flexibility index (Phi) is 6.41. The topological polar surface area (TPSA) is 96.6 Å². The number of rotatable bonds is 6. The molecule has 0 radical (unpaired) electrons. The van der Waals surface area contributed by atoms with Crippen molar-refractivity contribution in [3.8, 4) is 0 Å². The maximum Gasteiger partial charge on any atom is 0.240 e. The van der Waals surface area contributed by atoms with Crippen LogP contribution >= 0.6 is 0 Å². The number of guanidine groups is 1. The fourth-order valence-electron chi connectivity index (χ4n) is 2.73. The van der Waals surface area contributed by atoms with Crippen molar-refractivity contribution >= 4 is 16.0 Å². The van der Waals surface area contributed by atoms with E-state index in [9.17, 15) is 8.42 Å². The average Bonchev–Trinajstić information content (AvgIpc) is 2.54. The lowest BCUT2D eigenvalue weighted by Crippen LogP contribution is -2.41. The van der Waals surface area contributed by atoms with Gasteiger partial charge in [-0.15, -0.1) is 0 Å². The quantitative estimate of drug-likeness (QED) is 0.543. The van der Waals surface area contributed by atoms with Gasteiger partial charge in [0.25, 0.3) is 0 Å². The number of aliphatic imine (C=N–C) groups is 1. The fourth-order valence-corrected chi connectivity index (χ4v) is 3.77. The number of hydrogen-bond acceptors (Lipinski definition) is 3. The van der Waals surface area contributed by atoms with E-state index in [1.54, 1.807) is 31.2 Å². The SMILES string of the molecule is CCNS(=O)(=O)c1ccc(CN=C(N)NC2CCCCC2)cc1. The van der Waals surface area contributed by atoms with Crippen molar-refractivity contribution in [2.75, 3.05) is 6.54 Å². The molecule has 0 aromatic heterocycles. The second-order valence-corrected chi connectivity index (χ2v) is 7.59. The minimum absolute atomic E-state index is 0.264. The molecule has 0 atom stereocenters. The molecule has 0 unspecified atom stereocenters. The van der Waals surface area contributed by atoms with E-state index in [1.165, 1.54) is 19.3 Å². The summed E-state index contributed by atoms with van der Waals surface area (Å²) < 4.78 is 26.2. The Morgan fingerprint density at radius 3 is 2.48 bits per heavy atom. The molecule has 2 rings (SSSR count). The van der Waals surface area contributed by atoms with Crippen LogP contribution in [-0.2, 0) is 16.6 Å². The predicted octanol–water partition coefficient (Wildman–Crippen LogP) is 1.72. The normalized spacial score (nSPS) is 17.2. The molecule has 23 heavy (non-hydrogen) atoms. The van der Waals surface area contributed by atoms with Gasteiger partial charge in [-0.2, -0.15) is 0 Å². The zero-order chi connectivity index (χ0) is 16.7. The first-order chi connectivity index (χ1) is 11.0. The lowest BCUT2D eigenvalue weighted by molar-refractivity contribution is 0.412. The summed E-state index contributed by atoms with van der Waals surface area (Å²) in [5, 5.41) is 3.26. The third-order valence-electron chi connectivity index (χ3n) is 3.96. The maximum absolute atomic E-state index is 11.9. The van der Waals surface area contributed by atoms with Crippen molar-refractivity contribution < 1.29 is 8.42 Å². The highest BCUT2D eigenvalue weighted by molar-refractivity contribution is 7.89. The monoisotopic (exact) mass is 338 g/mol. The number of hydrogen-bond donors (Lipinski definition) is 3. The Labute approximate surface area is 138 Å². The lowest BCUT2D eigenvalue weighted by atomic mass is 9.96. The Morgan fingerprint density at radius 2 is 1.87 bits per heavy atom. The molecular weight excluding hydrogens is 312 g/mol. The lowest BCUT2D eigenvalue weighted by Gasteiger charge is -2.23. The van der Waals surface area contributed by atoms with Gasteiger partial charge in [0.2, 0.25) is 10.0 Å². The van der Waals surface area contributed by atoms with E-state index >= 15 is 0 Å². The summed E-state index contributed by atoms with van der Waals surface area (Å²) in [5.41, 5.74) is 6.85. The van der Waals surface area contributed by atoms with Crippen LogP contribution < -0.4 is 15.8 Å². The van der Waals surface area contributed by atoms with Crippen LogP contribution in [0.1, 0.15) is 44.6 Å². The van der Waals surface area contributed by atoms with Crippen LogP contribution in [0.4, 0.5) is 0 Å². The van der Waals surface area contributed by atoms with E-state index in [-0.39, 0.29) is 4.90 Å². The molecule has 1 aliphatic carbocycles. The van der Waals surface area contributed by atoms with Gasteiger partial charge in [-0.1, -0.05) is 38.3 Å². The first kappa shape index (κ1) is 17.7. The second-order valence-electron chi connectivity index (χ2n) is 5.83. The van der Waals surface area contributed by atoms with Crippen molar-refractivity contribution in [3.05, 3.63) is 29.8 Å². The molecule has 1 aromatic rings. The molecule has 6 nitrogen and oxygen atoms in total. The molecule has 0 saturated heterocycles. The smallest absolute Gasteiger partial charge is 0.240 e. The van der Waals surface area contributed by atoms with E-state index in [0.717, 1.165) is 18.4 Å². The highest BCUT2D eigenvalue weighted by Crippen LogP contribution is 2.17. The van der Waals surface area contributed by atoms with Gasteiger partial charge in [0.05, 0.1) is 11.4 Å². The average molecular weight is 338 g/mol. The summed E-state index contributed by atoms with van der Waals surface area (Å²) in [6, 6.07) is 7.14. The van der Waals surface area contributed by atoms with Crippen molar-refractivity contribution in [1.82, 2.24) is 10.0 Å². The summed E-state index contributed by atoms with van der Waals surface area (Å²) in [4.78, 5) is 4.60. The molecule has 128 valence electrons. The molecule has 1 fully saturated rings. The zero-order valence-electron chi connectivity index (χ0n) is 13.6. The minimum Gasteiger partial charge on any atom is -0.370 e. The first-order valence-electron chi connectivity index (χ1n) is 8.16. The van der Waals surface area contributed by atoms with Crippen LogP contribution in [0, 0.1) is 0 Å².